The molecule has 8 nitrogen and oxygen atoms in total. The van der Waals surface area contributed by atoms with E-state index < -0.39 is 10.8 Å². The van der Waals surface area contributed by atoms with Gasteiger partial charge >= 0.3 is 0 Å². The van der Waals surface area contributed by atoms with Gasteiger partial charge in [0.15, 0.2) is 5.78 Å². The van der Waals surface area contributed by atoms with Gasteiger partial charge in [0, 0.05) is 17.8 Å². The molecule has 2 rings (SSSR count). The van der Waals surface area contributed by atoms with Gasteiger partial charge in [0.1, 0.15) is 5.69 Å². The van der Waals surface area contributed by atoms with Crippen LogP contribution in [-0.4, -0.2) is 26.4 Å². The Hall–Kier alpha value is -3.03. The molecule has 0 bridgehead atoms. The average Bonchev–Trinajstić information content (AvgIpc) is 2.87. The van der Waals surface area contributed by atoms with E-state index >= 15 is 0 Å². The fourth-order valence-electron chi connectivity index (χ4n) is 1.66. The van der Waals surface area contributed by atoms with E-state index in [9.17, 15) is 19.7 Å². The Kier molecular flexibility index (Phi) is 3.30. The monoisotopic (exact) mass is 274 g/mol. The molecule has 0 fully saturated rings. The Balaban J connectivity index is 2.57. The Bertz CT molecular complexity index is 720. The highest BCUT2D eigenvalue weighted by atomic mass is 16.6. The third-order valence-corrected chi connectivity index (χ3v) is 2.69. The van der Waals surface area contributed by atoms with Crippen molar-refractivity contribution >= 4 is 17.4 Å². The number of nitrogens with zero attached hydrogens (tertiary/aromatic N) is 3. The molecule has 20 heavy (non-hydrogen) atoms. The largest absolute Gasteiger partial charge is 0.366 e. The Morgan fingerprint density at radius 3 is 2.55 bits per heavy atom. The first-order valence-corrected chi connectivity index (χ1v) is 5.54. The molecular formula is C12H10N4O4. The van der Waals surface area contributed by atoms with Crippen LogP contribution in [0.25, 0.3) is 5.69 Å². The highest BCUT2D eigenvalue weighted by Gasteiger charge is 2.19. The van der Waals surface area contributed by atoms with Gasteiger partial charge in [-0.3, -0.25) is 19.7 Å². The van der Waals surface area contributed by atoms with Crippen LogP contribution in [0, 0.1) is 10.1 Å². The first kappa shape index (κ1) is 13.4. The first-order chi connectivity index (χ1) is 9.40. The second kappa shape index (κ2) is 4.92. The number of hydrogen-bond donors (Lipinski definition) is 1. The lowest BCUT2D eigenvalue weighted by Crippen LogP contribution is -2.09. The molecule has 102 valence electrons. The molecule has 8 heteroatoms. The maximum atomic E-state index is 11.3. The number of carbonyl (C=O) groups excluding carboxylic acids is 2. The van der Waals surface area contributed by atoms with Crippen LogP contribution in [0.2, 0.25) is 0 Å². The SMILES string of the molecule is CC(=O)c1ccc(-n2cc(C(N)=O)cn2)c([N+](=O)[O-])c1. The number of benzene rings is 1. The zero-order valence-corrected chi connectivity index (χ0v) is 10.4. The number of nitro groups is 1. The number of ketones is 1. The Morgan fingerprint density at radius 2 is 2.05 bits per heavy atom. The summed E-state index contributed by atoms with van der Waals surface area (Å²) in [5.74, 6) is -0.961. The first-order valence-electron chi connectivity index (χ1n) is 5.54. The number of hydrogen-bond acceptors (Lipinski definition) is 5. The summed E-state index contributed by atoms with van der Waals surface area (Å²) in [7, 11) is 0. The van der Waals surface area contributed by atoms with Gasteiger partial charge in [-0.05, 0) is 19.1 Å². The molecule has 0 aliphatic rings. The van der Waals surface area contributed by atoms with Gasteiger partial charge in [-0.1, -0.05) is 0 Å². The lowest BCUT2D eigenvalue weighted by atomic mass is 10.1. The van der Waals surface area contributed by atoms with Crippen molar-refractivity contribution in [1.82, 2.24) is 9.78 Å². The van der Waals surface area contributed by atoms with E-state index in [0.29, 0.717) is 0 Å². The highest BCUT2D eigenvalue weighted by Crippen LogP contribution is 2.24. The van der Waals surface area contributed by atoms with Crippen molar-refractivity contribution in [1.29, 1.82) is 0 Å². The quantitative estimate of drug-likeness (QED) is 0.508. The topological polar surface area (TPSA) is 121 Å². The lowest BCUT2D eigenvalue weighted by molar-refractivity contribution is -0.384. The molecule has 0 unspecified atom stereocenters. The standard InChI is InChI=1S/C12H10N4O4/c1-7(17)8-2-3-10(11(4-8)16(19)20)15-6-9(5-14-15)12(13)18/h2-6H,1H3,(H2,13,18). The van der Waals surface area contributed by atoms with Crippen molar-refractivity contribution in [2.75, 3.05) is 0 Å². The third kappa shape index (κ3) is 2.39. The predicted molar refractivity (Wildman–Crippen MR) is 68.7 cm³/mol. The Labute approximate surface area is 113 Å². The summed E-state index contributed by atoms with van der Waals surface area (Å²) in [5, 5.41) is 14.9. The van der Waals surface area contributed by atoms with Crippen LogP contribution < -0.4 is 5.73 Å². The highest BCUT2D eigenvalue weighted by molar-refractivity contribution is 5.95. The fraction of sp³-hybridized carbons (Fsp3) is 0.0833. The summed E-state index contributed by atoms with van der Waals surface area (Å²) in [6.45, 7) is 1.32. The number of nitrogens with two attached hydrogens (primary N) is 1. The summed E-state index contributed by atoms with van der Waals surface area (Å²) in [6.07, 6.45) is 2.50. The number of aromatic nitrogens is 2. The molecule has 2 N–H and O–H groups in total. The minimum Gasteiger partial charge on any atom is -0.366 e. The average molecular weight is 274 g/mol. The smallest absolute Gasteiger partial charge is 0.295 e. The summed E-state index contributed by atoms with van der Waals surface area (Å²) < 4.78 is 1.17. The van der Waals surface area contributed by atoms with Crippen LogP contribution in [0.1, 0.15) is 27.6 Å². The fourth-order valence-corrected chi connectivity index (χ4v) is 1.66. The molecule has 0 saturated carbocycles. The van der Waals surface area contributed by atoms with Crippen LogP contribution in [0.4, 0.5) is 5.69 Å². The van der Waals surface area contributed by atoms with Crippen LogP contribution in [0.5, 0.6) is 0 Å². The van der Waals surface area contributed by atoms with Crippen molar-refractivity contribution in [3.63, 3.8) is 0 Å². The maximum Gasteiger partial charge on any atom is 0.295 e. The van der Waals surface area contributed by atoms with E-state index in [0.717, 1.165) is 0 Å². The molecule has 0 spiro atoms. The molecule has 1 aromatic heterocycles. The van der Waals surface area contributed by atoms with Gasteiger partial charge in [-0.25, -0.2) is 4.68 Å². The molecule has 0 saturated heterocycles. The number of Topliss-reactive ketones (excluding diaryl/α,β-unsaturated/α-hetero) is 1. The van der Waals surface area contributed by atoms with Crippen molar-refractivity contribution in [2.24, 2.45) is 5.73 Å². The van der Waals surface area contributed by atoms with Crippen LogP contribution in [-0.2, 0) is 0 Å². The van der Waals surface area contributed by atoms with Gasteiger partial charge in [-0.2, -0.15) is 5.10 Å². The molecule has 1 heterocycles. The van der Waals surface area contributed by atoms with Gasteiger partial charge < -0.3 is 5.73 Å². The number of primary amides is 1. The predicted octanol–water partition coefficient (Wildman–Crippen LogP) is 1.08. The van der Waals surface area contributed by atoms with Gasteiger partial charge in [0.05, 0.1) is 16.7 Å². The van der Waals surface area contributed by atoms with E-state index in [1.54, 1.807) is 0 Å². The number of amides is 1. The molecule has 0 aliphatic carbocycles. The summed E-state index contributed by atoms with van der Waals surface area (Å²) in [5.41, 5.74) is 5.32. The molecular weight excluding hydrogens is 264 g/mol. The zero-order valence-electron chi connectivity index (χ0n) is 10.4. The molecule has 0 aliphatic heterocycles. The second-order valence-electron chi connectivity index (χ2n) is 4.05. The van der Waals surface area contributed by atoms with Crippen molar-refractivity contribution in [3.05, 3.63) is 51.8 Å². The minimum atomic E-state index is -0.681. The maximum absolute atomic E-state index is 11.3. The van der Waals surface area contributed by atoms with Crippen molar-refractivity contribution in [3.8, 4) is 5.69 Å². The molecule has 1 aromatic carbocycles. The summed E-state index contributed by atoms with van der Waals surface area (Å²) in [4.78, 5) is 32.7. The molecule has 0 radical (unpaired) electrons. The molecule has 2 aromatic rings. The second-order valence-corrected chi connectivity index (χ2v) is 4.05. The van der Waals surface area contributed by atoms with E-state index in [1.165, 1.54) is 42.2 Å². The summed E-state index contributed by atoms with van der Waals surface area (Å²) in [6, 6.07) is 4.02. The van der Waals surface area contributed by atoms with E-state index in [4.69, 9.17) is 5.73 Å². The van der Waals surface area contributed by atoms with Crippen LogP contribution >= 0.6 is 0 Å². The minimum absolute atomic E-state index is 0.134. The van der Waals surface area contributed by atoms with Crippen molar-refractivity contribution < 1.29 is 14.5 Å². The molecule has 0 atom stereocenters. The van der Waals surface area contributed by atoms with E-state index in [-0.39, 0.29) is 28.3 Å². The van der Waals surface area contributed by atoms with Crippen molar-refractivity contribution in [2.45, 2.75) is 6.92 Å². The number of carbonyl (C=O) groups is 2. The van der Waals surface area contributed by atoms with Gasteiger partial charge in [0.25, 0.3) is 11.6 Å². The number of nitro benzene ring substituents is 1. The van der Waals surface area contributed by atoms with Crippen LogP contribution in [0.3, 0.4) is 0 Å². The van der Waals surface area contributed by atoms with E-state index in [2.05, 4.69) is 5.10 Å². The van der Waals surface area contributed by atoms with Gasteiger partial charge in [-0.15, -0.1) is 0 Å². The van der Waals surface area contributed by atoms with Crippen LogP contribution in [0.15, 0.2) is 30.6 Å². The van der Waals surface area contributed by atoms with E-state index in [1.807, 2.05) is 0 Å². The summed E-state index contributed by atoms with van der Waals surface area (Å²) >= 11 is 0. The Morgan fingerprint density at radius 1 is 1.35 bits per heavy atom. The zero-order chi connectivity index (χ0) is 14.9. The molecule has 1 amide bonds. The normalized spacial score (nSPS) is 10.2. The number of rotatable bonds is 4. The van der Waals surface area contributed by atoms with Gasteiger partial charge in [0.2, 0.25) is 0 Å². The third-order valence-electron chi connectivity index (χ3n) is 2.69. The lowest BCUT2D eigenvalue weighted by Gasteiger charge is -2.04.